The van der Waals surface area contributed by atoms with Gasteiger partial charge >= 0.3 is 0 Å². The third-order valence-corrected chi connectivity index (χ3v) is 5.51. The lowest BCUT2D eigenvalue weighted by atomic mass is 10.2. The molecule has 8 nitrogen and oxygen atoms in total. The number of rotatable bonds is 6. The lowest BCUT2D eigenvalue weighted by Crippen LogP contribution is -2.36. The first-order valence-corrected chi connectivity index (χ1v) is 9.85. The number of fused-ring (bicyclic) bond motifs is 1. The first-order chi connectivity index (χ1) is 13.0. The number of sulfonamides is 1. The van der Waals surface area contributed by atoms with Crippen LogP contribution in [0.1, 0.15) is 11.1 Å². The summed E-state index contributed by atoms with van der Waals surface area (Å²) in [7, 11) is -0.339. The van der Waals surface area contributed by atoms with E-state index in [-0.39, 0.29) is 35.7 Å². The van der Waals surface area contributed by atoms with Crippen molar-refractivity contribution in [1.82, 2.24) is 15.4 Å². The molecule has 28 heavy (non-hydrogen) atoms. The summed E-state index contributed by atoms with van der Waals surface area (Å²) < 4.78 is 36.5. The molecule has 3 N–H and O–H groups in total. The van der Waals surface area contributed by atoms with E-state index in [2.05, 4.69) is 20.3 Å². The Labute approximate surface area is 181 Å². The fraction of sp³-hybridized carbons (Fsp3) is 0.278. The maximum atomic E-state index is 11.7. The summed E-state index contributed by atoms with van der Waals surface area (Å²) in [5.41, 5.74) is 1.99. The van der Waals surface area contributed by atoms with Gasteiger partial charge in [-0.2, -0.15) is 0 Å². The summed E-state index contributed by atoms with van der Waals surface area (Å²) >= 11 is 0. The average Bonchev–Trinajstić information content (AvgIpc) is 3.16. The molecule has 152 valence electrons. The summed E-state index contributed by atoms with van der Waals surface area (Å²) in [6.07, 6.45) is 0. The van der Waals surface area contributed by atoms with Crippen LogP contribution in [0.3, 0.4) is 0 Å². The lowest BCUT2D eigenvalue weighted by Gasteiger charge is -2.12. The van der Waals surface area contributed by atoms with Gasteiger partial charge in [-0.1, -0.05) is 18.2 Å². The Morgan fingerprint density at radius 1 is 1.00 bits per heavy atom. The molecule has 1 aliphatic rings. The van der Waals surface area contributed by atoms with Gasteiger partial charge in [0, 0.05) is 20.1 Å². The minimum absolute atomic E-state index is 0. The minimum Gasteiger partial charge on any atom is -0.454 e. The van der Waals surface area contributed by atoms with Gasteiger partial charge in [-0.25, -0.2) is 13.1 Å². The predicted molar refractivity (Wildman–Crippen MR) is 118 cm³/mol. The Morgan fingerprint density at radius 3 is 2.25 bits per heavy atom. The SMILES string of the molecule is CN=C(NCc1ccc(S(=O)(=O)NC)cc1)NCc1ccc2c(c1)OCO2.I. The molecule has 10 heteroatoms. The summed E-state index contributed by atoms with van der Waals surface area (Å²) in [4.78, 5) is 4.43. The zero-order valence-electron chi connectivity index (χ0n) is 15.6. The Balaban J connectivity index is 0.00000280. The van der Waals surface area contributed by atoms with Gasteiger partial charge < -0.3 is 20.1 Å². The molecule has 0 spiro atoms. The molecule has 1 heterocycles. The number of hydrogen-bond acceptors (Lipinski definition) is 5. The summed E-state index contributed by atoms with van der Waals surface area (Å²) in [5.74, 6) is 2.14. The van der Waals surface area contributed by atoms with Crippen molar-refractivity contribution in [1.29, 1.82) is 0 Å². The number of halogens is 1. The predicted octanol–water partition coefficient (Wildman–Crippen LogP) is 1.81. The van der Waals surface area contributed by atoms with Crippen molar-refractivity contribution in [3.8, 4) is 11.5 Å². The van der Waals surface area contributed by atoms with Crippen molar-refractivity contribution in [2.24, 2.45) is 4.99 Å². The van der Waals surface area contributed by atoms with Crippen LogP contribution in [0.15, 0.2) is 52.4 Å². The van der Waals surface area contributed by atoms with Crippen molar-refractivity contribution in [3.05, 3.63) is 53.6 Å². The van der Waals surface area contributed by atoms with E-state index < -0.39 is 10.0 Å². The fourth-order valence-corrected chi connectivity index (χ4v) is 3.28. The molecule has 0 unspecified atom stereocenters. The zero-order valence-corrected chi connectivity index (χ0v) is 18.7. The van der Waals surface area contributed by atoms with Gasteiger partial charge in [0.1, 0.15) is 0 Å². The molecule has 0 amide bonds. The van der Waals surface area contributed by atoms with Gasteiger partial charge in [0.25, 0.3) is 0 Å². The largest absolute Gasteiger partial charge is 0.454 e. The maximum absolute atomic E-state index is 11.7. The number of nitrogens with zero attached hydrogens (tertiary/aromatic N) is 1. The number of benzene rings is 2. The molecule has 2 aromatic carbocycles. The van der Waals surface area contributed by atoms with Crippen LogP contribution in [0.5, 0.6) is 11.5 Å². The van der Waals surface area contributed by atoms with Crippen LogP contribution in [-0.2, 0) is 23.1 Å². The first-order valence-electron chi connectivity index (χ1n) is 8.37. The second kappa shape index (κ2) is 9.94. The third-order valence-electron chi connectivity index (χ3n) is 4.08. The van der Waals surface area contributed by atoms with Crippen molar-refractivity contribution < 1.29 is 17.9 Å². The summed E-state index contributed by atoms with van der Waals surface area (Å²) in [5, 5.41) is 6.43. The number of ether oxygens (including phenoxy) is 2. The number of guanidine groups is 1. The summed E-state index contributed by atoms with van der Waals surface area (Å²) in [6.45, 7) is 1.35. The average molecular weight is 518 g/mol. The van der Waals surface area contributed by atoms with Crippen LogP contribution >= 0.6 is 24.0 Å². The van der Waals surface area contributed by atoms with Crippen molar-refractivity contribution in [2.75, 3.05) is 20.9 Å². The monoisotopic (exact) mass is 518 g/mol. The van der Waals surface area contributed by atoms with Crippen LogP contribution in [0.4, 0.5) is 0 Å². The van der Waals surface area contributed by atoms with E-state index in [0.717, 1.165) is 22.6 Å². The Kier molecular flexibility index (Phi) is 7.89. The van der Waals surface area contributed by atoms with Crippen LogP contribution in [0, 0.1) is 0 Å². The molecular weight excluding hydrogens is 495 g/mol. The number of hydrogen-bond donors (Lipinski definition) is 3. The fourth-order valence-electron chi connectivity index (χ4n) is 2.55. The van der Waals surface area contributed by atoms with Gasteiger partial charge in [0.2, 0.25) is 16.8 Å². The molecule has 0 fully saturated rings. The molecule has 2 aromatic rings. The van der Waals surface area contributed by atoms with Crippen molar-refractivity contribution in [2.45, 2.75) is 18.0 Å². The normalized spacial score (nSPS) is 13.0. The molecule has 1 aliphatic heterocycles. The van der Waals surface area contributed by atoms with E-state index in [1.807, 2.05) is 18.2 Å². The highest BCUT2D eigenvalue weighted by Gasteiger charge is 2.13. The first kappa shape index (κ1) is 22.2. The van der Waals surface area contributed by atoms with Gasteiger partial charge in [-0.05, 0) is 42.4 Å². The van der Waals surface area contributed by atoms with Crippen molar-refractivity contribution in [3.63, 3.8) is 0 Å². The maximum Gasteiger partial charge on any atom is 0.240 e. The highest BCUT2D eigenvalue weighted by Crippen LogP contribution is 2.32. The molecule has 0 atom stereocenters. The quantitative estimate of drug-likeness (QED) is 0.307. The number of aliphatic imine (C=N–C) groups is 1. The van der Waals surface area contributed by atoms with E-state index in [1.54, 1.807) is 31.3 Å². The van der Waals surface area contributed by atoms with E-state index in [4.69, 9.17) is 9.47 Å². The zero-order chi connectivity index (χ0) is 19.3. The Hall–Kier alpha value is -2.05. The molecule has 0 saturated carbocycles. The second-order valence-electron chi connectivity index (χ2n) is 5.82. The topological polar surface area (TPSA) is 101 Å². The van der Waals surface area contributed by atoms with Crippen molar-refractivity contribution >= 4 is 40.0 Å². The Morgan fingerprint density at radius 2 is 1.61 bits per heavy atom. The van der Waals surface area contributed by atoms with Gasteiger partial charge in [-0.15, -0.1) is 24.0 Å². The molecular formula is C18H23IN4O4S. The molecule has 0 saturated heterocycles. The molecule has 0 radical (unpaired) electrons. The van der Waals surface area contributed by atoms with Crippen LogP contribution in [0.25, 0.3) is 0 Å². The minimum atomic E-state index is -3.42. The van der Waals surface area contributed by atoms with Gasteiger partial charge in [0.15, 0.2) is 17.5 Å². The highest BCUT2D eigenvalue weighted by atomic mass is 127. The smallest absolute Gasteiger partial charge is 0.240 e. The van der Waals surface area contributed by atoms with E-state index in [1.165, 1.54) is 7.05 Å². The Bertz CT molecular complexity index is 933. The van der Waals surface area contributed by atoms with Crippen LogP contribution in [0.2, 0.25) is 0 Å². The second-order valence-corrected chi connectivity index (χ2v) is 7.70. The van der Waals surface area contributed by atoms with E-state index in [9.17, 15) is 8.42 Å². The molecule has 0 bridgehead atoms. The highest BCUT2D eigenvalue weighted by molar-refractivity contribution is 14.0. The van der Waals surface area contributed by atoms with Crippen LogP contribution in [-0.4, -0.2) is 35.3 Å². The van der Waals surface area contributed by atoms with Gasteiger partial charge in [-0.3, -0.25) is 4.99 Å². The lowest BCUT2D eigenvalue weighted by molar-refractivity contribution is 0.174. The number of nitrogens with one attached hydrogen (secondary N) is 3. The van der Waals surface area contributed by atoms with Gasteiger partial charge in [0.05, 0.1) is 4.90 Å². The molecule has 0 aliphatic carbocycles. The summed E-state index contributed by atoms with van der Waals surface area (Å²) in [6, 6.07) is 12.5. The van der Waals surface area contributed by atoms with Crippen LogP contribution < -0.4 is 24.8 Å². The van der Waals surface area contributed by atoms with E-state index >= 15 is 0 Å². The van der Waals surface area contributed by atoms with E-state index in [0.29, 0.717) is 19.0 Å². The standard InChI is InChI=1S/C18H22N4O4S.HI/c1-19-18(22-11-14-5-8-16-17(9-14)26-12-25-16)21-10-13-3-6-15(7-4-13)27(23,24)20-2;/h3-9,20H,10-12H2,1-2H3,(H2,19,21,22);1H. The molecule has 3 rings (SSSR count). The molecule has 0 aromatic heterocycles. The third kappa shape index (κ3) is 5.49.